The SMILES string of the molecule is Cc1c(C(=O)CN2C(=O)N[C@](C)(c3cccc(-n4cnnn4)c3)C2=O)oc2ccccc12. The molecule has 3 heterocycles. The monoisotopic (exact) mass is 430 g/mol. The Morgan fingerprint density at radius 3 is 2.72 bits per heavy atom. The van der Waals surface area contributed by atoms with Crippen LogP contribution in [0.2, 0.25) is 0 Å². The Balaban J connectivity index is 1.43. The van der Waals surface area contributed by atoms with Gasteiger partial charge in [-0.2, -0.15) is 0 Å². The zero-order valence-electron chi connectivity index (χ0n) is 17.3. The summed E-state index contributed by atoms with van der Waals surface area (Å²) in [6, 6.07) is 13.6. The van der Waals surface area contributed by atoms with E-state index in [9.17, 15) is 14.4 Å². The molecule has 0 radical (unpaired) electrons. The van der Waals surface area contributed by atoms with Crippen molar-refractivity contribution in [3.05, 3.63) is 71.7 Å². The van der Waals surface area contributed by atoms with E-state index in [0.717, 1.165) is 10.3 Å². The molecule has 32 heavy (non-hydrogen) atoms. The number of imide groups is 1. The molecule has 0 spiro atoms. The number of urea groups is 1. The summed E-state index contributed by atoms with van der Waals surface area (Å²) in [5, 5.41) is 14.6. The van der Waals surface area contributed by atoms with E-state index in [1.807, 2.05) is 18.2 Å². The maximum Gasteiger partial charge on any atom is 0.325 e. The van der Waals surface area contributed by atoms with Crippen molar-refractivity contribution in [1.82, 2.24) is 30.4 Å². The van der Waals surface area contributed by atoms with Crippen LogP contribution in [0.1, 0.15) is 28.6 Å². The van der Waals surface area contributed by atoms with E-state index >= 15 is 0 Å². The Hall–Kier alpha value is -4.34. The number of nitrogens with one attached hydrogen (secondary N) is 1. The Morgan fingerprint density at radius 2 is 1.97 bits per heavy atom. The second-order valence-electron chi connectivity index (χ2n) is 7.73. The molecular formula is C22H18N6O4. The lowest BCUT2D eigenvalue weighted by Crippen LogP contribution is -2.41. The summed E-state index contributed by atoms with van der Waals surface area (Å²) < 4.78 is 7.14. The average molecular weight is 430 g/mol. The Morgan fingerprint density at radius 1 is 1.16 bits per heavy atom. The van der Waals surface area contributed by atoms with Gasteiger partial charge in [-0.05, 0) is 48.0 Å². The number of Topliss-reactive ketones (excluding diaryl/α,β-unsaturated/α-hetero) is 1. The summed E-state index contributed by atoms with van der Waals surface area (Å²) in [7, 11) is 0. The fourth-order valence-corrected chi connectivity index (χ4v) is 3.93. The first-order valence-corrected chi connectivity index (χ1v) is 9.88. The molecule has 1 fully saturated rings. The molecule has 0 aliphatic carbocycles. The van der Waals surface area contributed by atoms with Crippen LogP contribution in [0.3, 0.4) is 0 Å². The van der Waals surface area contributed by atoms with Crippen molar-refractivity contribution in [2.75, 3.05) is 6.54 Å². The molecule has 1 atom stereocenters. The van der Waals surface area contributed by atoms with E-state index in [-0.39, 0.29) is 5.76 Å². The molecule has 10 nitrogen and oxygen atoms in total. The van der Waals surface area contributed by atoms with Crippen LogP contribution in [0.25, 0.3) is 16.7 Å². The number of carbonyl (C=O) groups is 3. The van der Waals surface area contributed by atoms with Crippen molar-refractivity contribution in [3.63, 3.8) is 0 Å². The van der Waals surface area contributed by atoms with Crippen LogP contribution in [-0.4, -0.2) is 49.4 Å². The van der Waals surface area contributed by atoms with Gasteiger partial charge in [0.15, 0.2) is 5.76 Å². The highest BCUT2D eigenvalue weighted by molar-refractivity contribution is 6.11. The molecule has 1 saturated heterocycles. The molecule has 10 heteroatoms. The summed E-state index contributed by atoms with van der Waals surface area (Å²) in [4.78, 5) is 39.8. The fraction of sp³-hybridized carbons (Fsp3) is 0.182. The van der Waals surface area contributed by atoms with Gasteiger partial charge in [0.05, 0.1) is 12.2 Å². The number of hydrogen-bond donors (Lipinski definition) is 1. The van der Waals surface area contributed by atoms with E-state index in [2.05, 4.69) is 20.8 Å². The molecular weight excluding hydrogens is 412 g/mol. The third-order valence-electron chi connectivity index (χ3n) is 5.71. The number of ketones is 1. The number of fused-ring (bicyclic) bond motifs is 1. The third-order valence-corrected chi connectivity index (χ3v) is 5.71. The van der Waals surface area contributed by atoms with Gasteiger partial charge >= 0.3 is 6.03 Å². The van der Waals surface area contributed by atoms with E-state index in [0.29, 0.717) is 22.4 Å². The quantitative estimate of drug-likeness (QED) is 0.381. The normalized spacial score (nSPS) is 18.4. The van der Waals surface area contributed by atoms with E-state index in [1.54, 1.807) is 44.2 Å². The zero-order valence-corrected chi connectivity index (χ0v) is 17.3. The number of benzene rings is 2. The van der Waals surface area contributed by atoms with E-state index in [1.165, 1.54) is 11.0 Å². The molecule has 1 aliphatic heterocycles. The molecule has 3 amide bonds. The topological polar surface area (TPSA) is 123 Å². The van der Waals surface area contributed by atoms with Crippen LogP contribution in [0.4, 0.5) is 4.79 Å². The Bertz CT molecular complexity index is 1380. The minimum absolute atomic E-state index is 0.140. The van der Waals surface area contributed by atoms with Crippen LogP contribution < -0.4 is 5.32 Å². The number of para-hydroxylation sites is 1. The minimum Gasteiger partial charge on any atom is -0.453 e. The van der Waals surface area contributed by atoms with Gasteiger partial charge in [0.25, 0.3) is 5.91 Å². The van der Waals surface area contributed by atoms with Crippen molar-refractivity contribution in [1.29, 1.82) is 0 Å². The number of rotatable bonds is 5. The lowest BCUT2D eigenvalue weighted by atomic mass is 9.91. The Labute approximate surface area is 181 Å². The predicted molar refractivity (Wildman–Crippen MR) is 112 cm³/mol. The average Bonchev–Trinajstić information content (AvgIpc) is 3.50. The highest BCUT2D eigenvalue weighted by Gasteiger charge is 2.49. The molecule has 2 aromatic carbocycles. The van der Waals surface area contributed by atoms with E-state index in [4.69, 9.17) is 4.42 Å². The second kappa shape index (κ2) is 7.12. The number of amides is 3. The standard InChI is InChI=1S/C22H18N6O4/c1-13-16-8-3-4-9-18(16)32-19(13)17(29)11-27-20(30)22(2,24-21(27)31)14-6-5-7-15(10-14)28-12-23-25-26-28/h3-10,12H,11H2,1-2H3,(H,24,31)/t22-/m1/s1. The summed E-state index contributed by atoms with van der Waals surface area (Å²) in [6.07, 6.45) is 1.43. The van der Waals surface area contributed by atoms with Crippen LogP contribution >= 0.6 is 0 Å². The second-order valence-corrected chi connectivity index (χ2v) is 7.73. The first kappa shape index (κ1) is 19.6. The van der Waals surface area contributed by atoms with Gasteiger partial charge in [0.1, 0.15) is 17.4 Å². The largest absolute Gasteiger partial charge is 0.453 e. The molecule has 1 N–H and O–H groups in total. The number of tetrazole rings is 1. The lowest BCUT2D eigenvalue weighted by molar-refractivity contribution is -0.130. The summed E-state index contributed by atoms with van der Waals surface area (Å²) in [5.41, 5.74) is 1.08. The number of aromatic nitrogens is 4. The number of furan rings is 1. The van der Waals surface area contributed by atoms with Crippen molar-refractivity contribution in [3.8, 4) is 5.69 Å². The van der Waals surface area contributed by atoms with Gasteiger partial charge in [-0.25, -0.2) is 9.48 Å². The number of carbonyl (C=O) groups excluding carboxylic acids is 3. The molecule has 0 unspecified atom stereocenters. The van der Waals surface area contributed by atoms with E-state index < -0.39 is 29.8 Å². The molecule has 0 bridgehead atoms. The first-order valence-electron chi connectivity index (χ1n) is 9.88. The molecule has 2 aromatic heterocycles. The lowest BCUT2D eigenvalue weighted by Gasteiger charge is -2.22. The maximum absolute atomic E-state index is 13.3. The molecule has 4 aromatic rings. The summed E-state index contributed by atoms with van der Waals surface area (Å²) >= 11 is 0. The fourth-order valence-electron chi connectivity index (χ4n) is 3.93. The van der Waals surface area contributed by atoms with Gasteiger partial charge < -0.3 is 9.73 Å². The van der Waals surface area contributed by atoms with Crippen LogP contribution in [0.15, 0.2) is 59.3 Å². The van der Waals surface area contributed by atoms with Gasteiger partial charge in [-0.15, -0.1) is 5.10 Å². The van der Waals surface area contributed by atoms with Gasteiger partial charge in [-0.3, -0.25) is 14.5 Å². The van der Waals surface area contributed by atoms with Crippen LogP contribution in [-0.2, 0) is 10.3 Å². The molecule has 1 aliphatic rings. The molecule has 5 rings (SSSR count). The highest BCUT2D eigenvalue weighted by Crippen LogP contribution is 2.31. The first-order chi connectivity index (χ1) is 15.4. The van der Waals surface area contributed by atoms with Crippen molar-refractivity contribution in [2.24, 2.45) is 0 Å². The van der Waals surface area contributed by atoms with Crippen LogP contribution in [0, 0.1) is 6.92 Å². The summed E-state index contributed by atoms with van der Waals surface area (Å²) in [6.45, 7) is 2.95. The minimum atomic E-state index is -1.34. The zero-order chi connectivity index (χ0) is 22.5. The van der Waals surface area contributed by atoms with Gasteiger partial charge in [0, 0.05) is 10.9 Å². The number of aryl methyl sites for hydroxylation is 1. The molecule has 160 valence electrons. The highest BCUT2D eigenvalue weighted by atomic mass is 16.3. The number of nitrogens with zero attached hydrogens (tertiary/aromatic N) is 5. The van der Waals surface area contributed by atoms with Crippen LogP contribution in [0.5, 0.6) is 0 Å². The van der Waals surface area contributed by atoms with Crippen molar-refractivity contribution in [2.45, 2.75) is 19.4 Å². The van der Waals surface area contributed by atoms with Crippen molar-refractivity contribution >= 4 is 28.7 Å². The Kier molecular flexibility index (Phi) is 4.36. The van der Waals surface area contributed by atoms with Crippen molar-refractivity contribution < 1.29 is 18.8 Å². The van der Waals surface area contributed by atoms with Gasteiger partial charge in [0.2, 0.25) is 5.78 Å². The smallest absolute Gasteiger partial charge is 0.325 e. The third kappa shape index (κ3) is 2.96. The molecule has 0 saturated carbocycles. The number of hydrogen-bond acceptors (Lipinski definition) is 7. The van der Waals surface area contributed by atoms with Gasteiger partial charge in [-0.1, -0.05) is 30.3 Å². The maximum atomic E-state index is 13.3. The predicted octanol–water partition coefficient (Wildman–Crippen LogP) is 2.37. The summed E-state index contributed by atoms with van der Waals surface area (Å²) in [5.74, 6) is -0.839.